The monoisotopic (exact) mass is 390 g/mol. The number of carbonyl (C=O) groups excluding carboxylic acids is 2. The van der Waals surface area contributed by atoms with E-state index in [2.05, 4.69) is 27.3 Å². The number of methoxy groups -OCH3 is 1. The molecule has 0 radical (unpaired) electrons. The number of hydrogen-bond donors (Lipinski definition) is 0. The molecular formula is C21H30N2O3S. The molecule has 0 unspecified atom stereocenters. The van der Waals surface area contributed by atoms with Gasteiger partial charge in [0.2, 0.25) is 11.8 Å². The molecule has 0 N–H and O–H groups in total. The summed E-state index contributed by atoms with van der Waals surface area (Å²) in [5.41, 5.74) is -0.273. The van der Waals surface area contributed by atoms with Crippen molar-refractivity contribution in [3.8, 4) is 0 Å². The first-order chi connectivity index (χ1) is 13.1. The summed E-state index contributed by atoms with van der Waals surface area (Å²) in [4.78, 5) is 31.2. The number of rotatable bonds is 6. The van der Waals surface area contributed by atoms with E-state index < -0.39 is 0 Å². The van der Waals surface area contributed by atoms with Crippen molar-refractivity contribution in [1.82, 2.24) is 9.80 Å². The lowest BCUT2D eigenvalue weighted by Gasteiger charge is -2.50. The molecule has 1 saturated carbocycles. The van der Waals surface area contributed by atoms with Crippen LogP contribution in [0.15, 0.2) is 17.5 Å². The van der Waals surface area contributed by atoms with Crippen molar-refractivity contribution in [2.24, 2.45) is 11.3 Å². The molecule has 5 nitrogen and oxygen atoms in total. The number of carbonyl (C=O) groups is 2. The van der Waals surface area contributed by atoms with E-state index >= 15 is 0 Å². The largest absolute Gasteiger partial charge is 0.384 e. The Hall–Kier alpha value is -1.40. The third-order valence-corrected chi connectivity index (χ3v) is 7.73. The molecule has 1 aromatic rings. The molecule has 0 spiro atoms. The zero-order valence-corrected chi connectivity index (χ0v) is 17.0. The van der Waals surface area contributed by atoms with Crippen LogP contribution in [0.2, 0.25) is 0 Å². The van der Waals surface area contributed by atoms with Gasteiger partial charge in [-0.25, -0.2) is 0 Å². The maximum Gasteiger partial charge on any atom is 0.231 e. The normalized spacial score (nSPS) is 27.2. The van der Waals surface area contributed by atoms with E-state index in [0.717, 1.165) is 58.2 Å². The van der Waals surface area contributed by atoms with Gasteiger partial charge in [-0.1, -0.05) is 12.5 Å². The lowest BCUT2D eigenvalue weighted by Crippen LogP contribution is -2.60. The van der Waals surface area contributed by atoms with Crippen LogP contribution in [0.1, 0.15) is 43.4 Å². The highest BCUT2D eigenvalue weighted by atomic mass is 32.1. The zero-order chi connectivity index (χ0) is 18.9. The van der Waals surface area contributed by atoms with Crippen molar-refractivity contribution in [3.63, 3.8) is 0 Å². The van der Waals surface area contributed by atoms with Crippen LogP contribution in [0.3, 0.4) is 0 Å². The lowest BCUT2D eigenvalue weighted by atomic mass is 9.68. The summed E-state index contributed by atoms with van der Waals surface area (Å²) in [7, 11) is 1.69. The van der Waals surface area contributed by atoms with Gasteiger partial charge in [-0.3, -0.25) is 9.59 Å². The molecule has 6 heteroatoms. The van der Waals surface area contributed by atoms with E-state index in [1.807, 2.05) is 0 Å². The van der Waals surface area contributed by atoms with E-state index in [0.29, 0.717) is 30.9 Å². The molecule has 1 aromatic heterocycles. The Balaban J connectivity index is 1.39. The number of amides is 2. The Kier molecular flexibility index (Phi) is 5.55. The molecule has 0 bridgehead atoms. The number of hydrogen-bond acceptors (Lipinski definition) is 4. The molecule has 2 aliphatic heterocycles. The Morgan fingerprint density at radius 3 is 2.89 bits per heavy atom. The summed E-state index contributed by atoms with van der Waals surface area (Å²) in [6, 6.07) is 4.52. The van der Waals surface area contributed by atoms with Crippen LogP contribution < -0.4 is 0 Å². The fourth-order valence-electron chi connectivity index (χ4n) is 5.15. The van der Waals surface area contributed by atoms with Crippen molar-refractivity contribution in [2.45, 2.75) is 51.0 Å². The standard InChI is InChI=1S/C21H30N2O3S/c1-26-15-21(9-3-10-21)20(25)22-11-8-18-16(14-22)5-6-19(24)23(18)12-7-17-4-2-13-27-17/h2,4,13,16,18H,3,5-12,14-15H2,1H3/t16-,18+/m1/s1. The van der Waals surface area contributed by atoms with E-state index in [9.17, 15) is 9.59 Å². The van der Waals surface area contributed by atoms with Gasteiger partial charge in [0.15, 0.2) is 0 Å². The van der Waals surface area contributed by atoms with Crippen LogP contribution in [-0.2, 0) is 20.7 Å². The lowest BCUT2D eigenvalue weighted by molar-refractivity contribution is -0.157. The van der Waals surface area contributed by atoms with Crippen LogP contribution in [0.25, 0.3) is 0 Å². The topological polar surface area (TPSA) is 49.9 Å². The summed E-state index contributed by atoms with van der Waals surface area (Å²) in [5.74, 6) is 1.00. The van der Waals surface area contributed by atoms with Gasteiger partial charge in [-0.15, -0.1) is 11.3 Å². The minimum Gasteiger partial charge on any atom is -0.384 e. The molecule has 2 saturated heterocycles. The van der Waals surface area contributed by atoms with E-state index in [-0.39, 0.29) is 11.3 Å². The summed E-state index contributed by atoms with van der Waals surface area (Å²) < 4.78 is 5.37. The third kappa shape index (κ3) is 3.66. The van der Waals surface area contributed by atoms with Crippen molar-refractivity contribution in [1.29, 1.82) is 0 Å². The van der Waals surface area contributed by atoms with Crippen molar-refractivity contribution in [2.75, 3.05) is 33.4 Å². The molecular weight excluding hydrogens is 360 g/mol. The fraction of sp³-hybridized carbons (Fsp3) is 0.714. The second-order valence-electron chi connectivity index (χ2n) is 8.39. The maximum atomic E-state index is 13.2. The Labute approximate surface area is 165 Å². The summed E-state index contributed by atoms with van der Waals surface area (Å²) in [6.07, 6.45) is 6.42. The SMILES string of the molecule is COCC1(C(=O)N2CC[C@H]3[C@H](CCC(=O)N3CCc3cccs3)C2)CCC1. The van der Waals surface area contributed by atoms with Gasteiger partial charge in [0.05, 0.1) is 12.0 Å². The van der Waals surface area contributed by atoms with Gasteiger partial charge in [0.25, 0.3) is 0 Å². The van der Waals surface area contributed by atoms with Crippen LogP contribution >= 0.6 is 11.3 Å². The Morgan fingerprint density at radius 1 is 1.37 bits per heavy atom. The second kappa shape index (κ2) is 7.92. The number of thiophene rings is 1. The molecule has 0 aromatic carbocycles. The third-order valence-electron chi connectivity index (χ3n) is 6.79. The smallest absolute Gasteiger partial charge is 0.231 e. The Morgan fingerprint density at radius 2 is 2.22 bits per heavy atom. The molecule has 3 heterocycles. The zero-order valence-electron chi connectivity index (χ0n) is 16.2. The first-order valence-corrected chi connectivity index (χ1v) is 11.1. The molecule has 3 aliphatic rings. The molecule has 148 valence electrons. The van der Waals surface area contributed by atoms with Crippen LogP contribution in [0.4, 0.5) is 0 Å². The number of ether oxygens (including phenoxy) is 1. The molecule has 1 aliphatic carbocycles. The van der Waals surface area contributed by atoms with E-state index in [1.165, 1.54) is 4.88 Å². The van der Waals surface area contributed by atoms with Crippen molar-refractivity contribution in [3.05, 3.63) is 22.4 Å². The van der Waals surface area contributed by atoms with Gasteiger partial charge in [-0.05, 0) is 49.5 Å². The van der Waals surface area contributed by atoms with Crippen molar-refractivity contribution >= 4 is 23.2 Å². The van der Waals surface area contributed by atoms with Crippen LogP contribution in [-0.4, -0.2) is 61.0 Å². The molecule has 27 heavy (non-hydrogen) atoms. The first-order valence-electron chi connectivity index (χ1n) is 10.2. The average molecular weight is 391 g/mol. The fourth-order valence-corrected chi connectivity index (χ4v) is 5.85. The van der Waals surface area contributed by atoms with Gasteiger partial charge in [0, 0.05) is 44.1 Å². The summed E-state index contributed by atoms with van der Waals surface area (Å²) in [6.45, 7) is 2.93. The van der Waals surface area contributed by atoms with Gasteiger partial charge in [0.1, 0.15) is 0 Å². The van der Waals surface area contributed by atoms with Crippen LogP contribution in [0.5, 0.6) is 0 Å². The highest BCUT2D eigenvalue weighted by Crippen LogP contribution is 2.44. The number of fused-ring (bicyclic) bond motifs is 1. The van der Waals surface area contributed by atoms with Crippen LogP contribution in [0, 0.1) is 11.3 Å². The molecule has 4 rings (SSSR count). The summed E-state index contributed by atoms with van der Waals surface area (Å²) >= 11 is 1.76. The predicted molar refractivity (Wildman–Crippen MR) is 106 cm³/mol. The number of piperidine rings is 2. The summed E-state index contributed by atoms with van der Waals surface area (Å²) in [5, 5.41) is 2.09. The quantitative estimate of drug-likeness (QED) is 0.750. The van der Waals surface area contributed by atoms with Crippen molar-refractivity contribution < 1.29 is 14.3 Å². The maximum absolute atomic E-state index is 13.2. The Bertz CT molecular complexity index is 671. The molecule has 3 fully saturated rings. The van der Waals surface area contributed by atoms with E-state index in [1.54, 1.807) is 18.4 Å². The number of likely N-dealkylation sites (tertiary alicyclic amines) is 2. The minimum absolute atomic E-state index is 0.273. The first kappa shape index (κ1) is 18.9. The number of nitrogens with zero attached hydrogens (tertiary/aromatic N) is 2. The molecule has 2 atom stereocenters. The highest BCUT2D eigenvalue weighted by Gasteiger charge is 2.49. The van der Waals surface area contributed by atoms with Gasteiger partial charge in [-0.2, -0.15) is 0 Å². The van der Waals surface area contributed by atoms with Gasteiger partial charge >= 0.3 is 0 Å². The highest BCUT2D eigenvalue weighted by molar-refractivity contribution is 7.09. The minimum atomic E-state index is -0.273. The second-order valence-corrected chi connectivity index (χ2v) is 9.42. The average Bonchev–Trinajstić information content (AvgIpc) is 3.16. The predicted octanol–water partition coefficient (Wildman–Crippen LogP) is 2.95. The molecule has 2 amide bonds. The van der Waals surface area contributed by atoms with Gasteiger partial charge < -0.3 is 14.5 Å². The van der Waals surface area contributed by atoms with E-state index in [4.69, 9.17) is 4.74 Å².